The van der Waals surface area contributed by atoms with E-state index in [1.165, 1.54) is 0 Å². The fourth-order valence-corrected chi connectivity index (χ4v) is 3.80. The number of thiophene rings is 1. The highest BCUT2D eigenvalue weighted by Crippen LogP contribution is 2.42. The largest absolute Gasteiger partial charge is 0.489 e. The molecule has 1 heterocycles. The highest BCUT2D eigenvalue weighted by molar-refractivity contribution is 9.10. The molecule has 102 valence electrons. The van der Waals surface area contributed by atoms with Crippen molar-refractivity contribution >= 4 is 37.4 Å². The van der Waals surface area contributed by atoms with Gasteiger partial charge in [-0.15, -0.1) is 0 Å². The van der Waals surface area contributed by atoms with Crippen LogP contribution >= 0.6 is 27.3 Å². The Morgan fingerprint density at radius 1 is 1.10 bits per heavy atom. The van der Waals surface area contributed by atoms with Gasteiger partial charge in [0.25, 0.3) is 0 Å². The van der Waals surface area contributed by atoms with Crippen molar-refractivity contribution in [2.45, 2.75) is 6.61 Å². The van der Waals surface area contributed by atoms with Gasteiger partial charge in [-0.25, -0.2) is 0 Å². The second-order valence-electron chi connectivity index (χ2n) is 4.34. The van der Waals surface area contributed by atoms with E-state index in [1.807, 2.05) is 24.3 Å². The number of fused-ring (bicyclic) bond motifs is 1. The third-order valence-corrected chi connectivity index (χ3v) is 5.17. The summed E-state index contributed by atoms with van der Waals surface area (Å²) in [6.07, 6.45) is 0. The molecule has 0 saturated heterocycles. The van der Waals surface area contributed by atoms with E-state index in [9.17, 15) is 0 Å². The average molecular weight is 349 g/mol. The van der Waals surface area contributed by atoms with Crippen molar-refractivity contribution in [3.8, 4) is 10.8 Å². The van der Waals surface area contributed by atoms with Gasteiger partial charge in [0.05, 0.1) is 11.6 Å². The van der Waals surface area contributed by atoms with Crippen LogP contribution in [0, 0.1) is 0 Å². The molecule has 3 aromatic rings. The van der Waals surface area contributed by atoms with Crippen LogP contribution in [0.3, 0.4) is 0 Å². The van der Waals surface area contributed by atoms with Crippen molar-refractivity contribution in [2.75, 3.05) is 7.11 Å². The van der Waals surface area contributed by atoms with Crippen molar-refractivity contribution in [1.82, 2.24) is 0 Å². The molecule has 4 heteroatoms. The molecule has 0 fully saturated rings. The van der Waals surface area contributed by atoms with Crippen molar-refractivity contribution in [3.63, 3.8) is 0 Å². The lowest BCUT2D eigenvalue weighted by atomic mass is 10.2. The fourth-order valence-electron chi connectivity index (χ4n) is 1.99. The third-order valence-electron chi connectivity index (χ3n) is 3.01. The second-order valence-corrected chi connectivity index (χ2v) is 6.15. The number of hydrogen-bond acceptors (Lipinski definition) is 3. The van der Waals surface area contributed by atoms with E-state index < -0.39 is 0 Å². The smallest absolute Gasteiger partial charge is 0.189 e. The van der Waals surface area contributed by atoms with E-state index in [2.05, 4.69) is 40.2 Å². The predicted octanol–water partition coefficient (Wildman–Crippen LogP) is 5.25. The molecule has 3 rings (SSSR count). The van der Waals surface area contributed by atoms with Crippen LogP contribution in [0.25, 0.3) is 10.1 Å². The summed E-state index contributed by atoms with van der Waals surface area (Å²) in [7, 11) is 1.68. The monoisotopic (exact) mass is 348 g/mol. The number of ether oxygens (including phenoxy) is 2. The molecule has 0 bridgehead atoms. The molecule has 0 aliphatic rings. The van der Waals surface area contributed by atoms with E-state index in [1.54, 1.807) is 18.4 Å². The van der Waals surface area contributed by atoms with Gasteiger partial charge in [0.15, 0.2) is 5.06 Å². The van der Waals surface area contributed by atoms with Crippen LogP contribution in [0.4, 0.5) is 0 Å². The summed E-state index contributed by atoms with van der Waals surface area (Å²) in [4.78, 5) is 0. The van der Waals surface area contributed by atoms with E-state index in [-0.39, 0.29) is 0 Å². The first-order chi connectivity index (χ1) is 9.78. The number of rotatable bonds is 4. The summed E-state index contributed by atoms with van der Waals surface area (Å²) in [6.45, 7) is 0.579. The van der Waals surface area contributed by atoms with Gasteiger partial charge in [-0.3, -0.25) is 0 Å². The minimum absolute atomic E-state index is 0.579. The number of hydrogen-bond donors (Lipinski definition) is 0. The van der Waals surface area contributed by atoms with Gasteiger partial charge in [0.1, 0.15) is 12.4 Å². The van der Waals surface area contributed by atoms with E-state index in [0.29, 0.717) is 6.61 Å². The molecule has 0 radical (unpaired) electrons. The molecular weight excluding hydrogens is 336 g/mol. The van der Waals surface area contributed by atoms with Gasteiger partial charge in [-0.05, 0) is 39.7 Å². The zero-order valence-electron chi connectivity index (χ0n) is 10.9. The Balaban J connectivity index is 1.82. The Morgan fingerprint density at radius 2 is 1.90 bits per heavy atom. The Labute approximate surface area is 130 Å². The fraction of sp³-hybridized carbons (Fsp3) is 0.125. The molecule has 0 N–H and O–H groups in total. The summed E-state index contributed by atoms with van der Waals surface area (Å²) in [6, 6.07) is 16.3. The lowest BCUT2D eigenvalue weighted by Crippen LogP contribution is -1.94. The maximum absolute atomic E-state index is 5.83. The summed E-state index contributed by atoms with van der Waals surface area (Å²) in [5.74, 6) is 0.873. The van der Waals surface area contributed by atoms with Crippen molar-refractivity contribution in [1.29, 1.82) is 0 Å². The number of halogens is 1. The Bertz CT molecular complexity index is 722. The molecule has 2 aromatic carbocycles. The first kappa shape index (κ1) is 13.5. The summed E-state index contributed by atoms with van der Waals surface area (Å²) >= 11 is 5.17. The number of benzene rings is 2. The quantitative estimate of drug-likeness (QED) is 0.640. The maximum atomic E-state index is 5.83. The van der Waals surface area contributed by atoms with Crippen LogP contribution in [-0.2, 0) is 6.61 Å². The summed E-state index contributed by atoms with van der Waals surface area (Å²) in [5.41, 5.74) is 1.16. The van der Waals surface area contributed by atoms with Crippen LogP contribution < -0.4 is 9.47 Å². The van der Waals surface area contributed by atoms with Crippen LogP contribution in [0.1, 0.15) is 5.56 Å². The SMILES string of the molecule is COc1sc2cc(OCc3ccccc3)ccc2c1Br. The molecule has 0 atom stereocenters. The van der Waals surface area contributed by atoms with Gasteiger partial charge < -0.3 is 9.47 Å². The molecule has 0 unspecified atom stereocenters. The predicted molar refractivity (Wildman–Crippen MR) is 86.9 cm³/mol. The number of methoxy groups -OCH3 is 1. The van der Waals surface area contributed by atoms with Crippen molar-refractivity contribution in [2.24, 2.45) is 0 Å². The standard InChI is InChI=1S/C16H13BrO2S/c1-18-16-15(17)13-8-7-12(9-14(13)20-16)19-10-11-5-3-2-4-6-11/h2-9H,10H2,1H3. The molecule has 2 nitrogen and oxygen atoms in total. The molecule has 0 aliphatic carbocycles. The van der Waals surface area contributed by atoms with E-state index in [0.717, 1.165) is 30.9 Å². The molecular formula is C16H13BrO2S. The summed E-state index contributed by atoms with van der Waals surface area (Å²) < 4.78 is 13.3. The van der Waals surface area contributed by atoms with Crippen LogP contribution in [-0.4, -0.2) is 7.11 Å². The molecule has 0 amide bonds. The van der Waals surface area contributed by atoms with Crippen LogP contribution in [0.15, 0.2) is 53.0 Å². The molecule has 0 spiro atoms. The zero-order chi connectivity index (χ0) is 13.9. The van der Waals surface area contributed by atoms with Crippen molar-refractivity contribution in [3.05, 3.63) is 58.6 Å². The summed E-state index contributed by atoms with van der Waals surface area (Å²) in [5, 5.41) is 2.04. The highest BCUT2D eigenvalue weighted by atomic mass is 79.9. The minimum Gasteiger partial charge on any atom is -0.489 e. The van der Waals surface area contributed by atoms with Crippen LogP contribution in [0.2, 0.25) is 0 Å². The first-order valence-corrected chi connectivity index (χ1v) is 7.81. The minimum atomic E-state index is 0.579. The zero-order valence-corrected chi connectivity index (χ0v) is 13.3. The highest BCUT2D eigenvalue weighted by Gasteiger charge is 2.10. The first-order valence-electron chi connectivity index (χ1n) is 6.20. The lowest BCUT2D eigenvalue weighted by molar-refractivity contribution is 0.306. The normalized spacial score (nSPS) is 10.7. The molecule has 0 saturated carbocycles. The van der Waals surface area contributed by atoms with Gasteiger partial charge in [0, 0.05) is 10.1 Å². The van der Waals surface area contributed by atoms with E-state index in [4.69, 9.17) is 9.47 Å². The average Bonchev–Trinajstić information content (AvgIpc) is 2.82. The Morgan fingerprint density at radius 3 is 2.65 bits per heavy atom. The Kier molecular flexibility index (Phi) is 3.94. The van der Waals surface area contributed by atoms with Crippen molar-refractivity contribution < 1.29 is 9.47 Å². The maximum Gasteiger partial charge on any atom is 0.189 e. The topological polar surface area (TPSA) is 18.5 Å². The van der Waals surface area contributed by atoms with Crippen LogP contribution in [0.5, 0.6) is 10.8 Å². The molecule has 0 aliphatic heterocycles. The molecule has 1 aromatic heterocycles. The van der Waals surface area contributed by atoms with Gasteiger partial charge in [0.2, 0.25) is 0 Å². The lowest BCUT2D eigenvalue weighted by Gasteiger charge is -2.06. The van der Waals surface area contributed by atoms with Gasteiger partial charge in [-0.1, -0.05) is 41.7 Å². The Hall–Kier alpha value is -1.52. The third kappa shape index (κ3) is 2.67. The molecule has 20 heavy (non-hydrogen) atoms. The second kappa shape index (κ2) is 5.85. The van der Waals surface area contributed by atoms with Gasteiger partial charge >= 0.3 is 0 Å². The van der Waals surface area contributed by atoms with Gasteiger partial charge in [-0.2, -0.15) is 0 Å². The van der Waals surface area contributed by atoms with E-state index >= 15 is 0 Å².